The molecule has 0 radical (unpaired) electrons. The second-order valence-electron chi connectivity index (χ2n) is 7.45. The SMILES string of the molecule is CC(C)(O)CCCNCc1cccc(OCc2ccc(CO)c(CO)c2)c1. The molecule has 0 saturated carbocycles. The van der Waals surface area contributed by atoms with E-state index in [-0.39, 0.29) is 13.2 Å². The smallest absolute Gasteiger partial charge is 0.120 e. The summed E-state index contributed by atoms with van der Waals surface area (Å²) in [4.78, 5) is 0. The molecule has 4 N–H and O–H groups in total. The topological polar surface area (TPSA) is 82.0 Å². The summed E-state index contributed by atoms with van der Waals surface area (Å²) in [5, 5.41) is 31.8. The largest absolute Gasteiger partial charge is 0.489 e. The van der Waals surface area contributed by atoms with E-state index < -0.39 is 5.60 Å². The van der Waals surface area contributed by atoms with E-state index in [0.717, 1.165) is 53.9 Å². The minimum Gasteiger partial charge on any atom is -0.489 e. The molecule has 0 unspecified atom stereocenters. The molecule has 0 aliphatic rings. The van der Waals surface area contributed by atoms with E-state index in [1.165, 1.54) is 0 Å². The molecule has 2 rings (SSSR count). The third kappa shape index (κ3) is 7.69. The molecule has 2 aromatic rings. The van der Waals surface area contributed by atoms with Gasteiger partial charge in [0, 0.05) is 6.54 Å². The summed E-state index contributed by atoms with van der Waals surface area (Å²) < 4.78 is 5.87. The van der Waals surface area contributed by atoms with Crippen molar-refractivity contribution in [1.29, 1.82) is 0 Å². The fourth-order valence-electron chi connectivity index (χ4n) is 2.86. The number of ether oxygens (including phenoxy) is 1. The predicted molar refractivity (Wildman–Crippen MR) is 106 cm³/mol. The zero-order valence-corrected chi connectivity index (χ0v) is 16.2. The zero-order chi connectivity index (χ0) is 19.7. The maximum Gasteiger partial charge on any atom is 0.120 e. The van der Waals surface area contributed by atoms with Crippen LogP contribution in [0.5, 0.6) is 5.75 Å². The van der Waals surface area contributed by atoms with E-state index in [1.807, 2.05) is 50.2 Å². The molecule has 0 aliphatic heterocycles. The monoisotopic (exact) mass is 373 g/mol. The van der Waals surface area contributed by atoms with E-state index in [2.05, 4.69) is 11.4 Å². The normalized spacial score (nSPS) is 11.6. The number of hydrogen-bond donors (Lipinski definition) is 4. The molecule has 2 aromatic carbocycles. The van der Waals surface area contributed by atoms with Crippen LogP contribution in [-0.4, -0.2) is 27.5 Å². The molecule has 0 saturated heterocycles. The Morgan fingerprint density at radius 2 is 1.74 bits per heavy atom. The molecule has 5 heteroatoms. The minimum atomic E-state index is -0.610. The first-order valence-electron chi connectivity index (χ1n) is 9.38. The van der Waals surface area contributed by atoms with Gasteiger partial charge in [0.15, 0.2) is 0 Å². The van der Waals surface area contributed by atoms with Crippen LogP contribution in [0.25, 0.3) is 0 Å². The van der Waals surface area contributed by atoms with Crippen LogP contribution in [0.15, 0.2) is 42.5 Å². The Kier molecular flexibility index (Phi) is 8.25. The van der Waals surface area contributed by atoms with E-state index in [9.17, 15) is 15.3 Å². The molecular formula is C22H31NO4. The van der Waals surface area contributed by atoms with Crippen LogP contribution in [0, 0.1) is 0 Å². The highest BCUT2D eigenvalue weighted by Crippen LogP contribution is 2.18. The molecule has 27 heavy (non-hydrogen) atoms. The average Bonchev–Trinajstić information content (AvgIpc) is 2.65. The lowest BCUT2D eigenvalue weighted by Gasteiger charge is -2.16. The Balaban J connectivity index is 1.83. The number of hydrogen-bond acceptors (Lipinski definition) is 5. The van der Waals surface area contributed by atoms with Crippen LogP contribution >= 0.6 is 0 Å². The summed E-state index contributed by atoms with van der Waals surface area (Å²) in [5.74, 6) is 0.794. The van der Waals surface area contributed by atoms with Crippen LogP contribution in [0.2, 0.25) is 0 Å². The lowest BCUT2D eigenvalue weighted by Crippen LogP contribution is -2.22. The first-order chi connectivity index (χ1) is 12.9. The number of nitrogens with one attached hydrogen (secondary N) is 1. The Labute approximate surface area is 161 Å². The average molecular weight is 373 g/mol. The molecule has 5 nitrogen and oxygen atoms in total. The number of aliphatic hydroxyl groups excluding tert-OH is 2. The first-order valence-corrected chi connectivity index (χ1v) is 9.38. The Morgan fingerprint density at radius 3 is 2.44 bits per heavy atom. The third-order valence-corrected chi connectivity index (χ3v) is 4.39. The highest BCUT2D eigenvalue weighted by molar-refractivity contribution is 5.32. The van der Waals surface area contributed by atoms with Gasteiger partial charge in [-0.2, -0.15) is 0 Å². The van der Waals surface area contributed by atoms with Crippen molar-refractivity contribution in [1.82, 2.24) is 5.32 Å². The second-order valence-corrected chi connectivity index (χ2v) is 7.45. The van der Waals surface area contributed by atoms with Crippen molar-refractivity contribution in [3.63, 3.8) is 0 Å². The second kappa shape index (κ2) is 10.4. The molecule has 0 amide bonds. The maximum atomic E-state index is 9.72. The molecule has 0 fully saturated rings. The fraction of sp³-hybridized carbons (Fsp3) is 0.455. The van der Waals surface area contributed by atoms with E-state index in [4.69, 9.17) is 4.74 Å². The lowest BCUT2D eigenvalue weighted by atomic mass is 10.0. The number of benzene rings is 2. The Bertz CT molecular complexity index is 710. The van der Waals surface area contributed by atoms with Gasteiger partial charge >= 0.3 is 0 Å². The van der Waals surface area contributed by atoms with Crippen LogP contribution in [0.4, 0.5) is 0 Å². The summed E-state index contributed by atoms with van der Waals surface area (Å²) in [6, 6.07) is 13.5. The summed E-state index contributed by atoms with van der Waals surface area (Å²) in [6.45, 7) is 5.49. The van der Waals surface area contributed by atoms with Gasteiger partial charge in [-0.05, 0) is 73.7 Å². The van der Waals surface area contributed by atoms with Crippen LogP contribution < -0.4 is 10.1 Å². The van der Waals surface area contributed by atoms with Gasteiger partial charge in [0.25, 0.3) is 0 Å². The standard InChI is InChI=1S/C22H31NO4/c1-22(2,26)9-4-10-23-13-17-5-3-6-21(12-17)27-16-18-7-8-19(14-24)20(11-18)15-25/h3,5-8,11-12,23-26H,4,9-10,13-16H2,1-2H3. The van der Waals surface area contributed by atoms with E-state index >= 15 is 0 Å². The number of aliphatic hydroxyl groups is 3. The molecule has 0 aromatic heterocycles. The van der Waals surface area contributed by atoms with Crippen molar-refractivity contribution in [2.45, 2.75) is 58.7 Å². The highest BCUT2D eigenvalue weighted by Gasteiger charge is 2.10. The fourth-order valence-corrected chi connectivity index (χ4v) is 2.86. The first kappa shape index (κ1) is 21.4. The quantitative estimate of drug-likeness (QED) is 0.455. The van der Waals surface area contributed by atoms with Gasteiger partial charge in [-0.25, -0.2) is 0 Å². The molecule has 0 spiro atoms. The van der Waals surface area contributed by atoms with Gasteiger partial charge in [-0.1, -0.05) is 24.3 Å². The molecule has 0 atom stereocenters. The summed E-state index contributed by atoms with van der Waals surface area (Å²) >= 11 is 0. The van der Waals surface area contributed by atoms with Crippen molar-refractivity contribution in [2.75, 3.05) is 6.54 Å². The van der Waals surface area contributed by atoms with E-state index in [1.54, 1.807) is 0 Å². The van der Waals surface area contributed by atoms with Crippen molar-refractivity contribution >= 4 is 0 Å². The highest BCUT2D eigenvalue weighted by atomic mass is 16.5. The van der Waals surface area contributed by atoms with Crippen molar-refractivity contribution in [3.8, 4) is 5.75 Å². The lowest BCUT2D eigenvalue weighted by molar-refractivity contribution is 0.0688. The minimum absolute atomic E-state index is 0.0815. The Morgan fingerprint density at radius 1 is 0.963 bits per heavy atom. The molecular weight excluding hydrogens is 342 g/mol. The van der Waals surface area contributed by atoms with Gasteiger partial charge in [0.05, 0.1) is 18.8 Å². The third-order valence-electron chi connectivity index (χ3n) is 4.39. The summed E-state index contributed by atoms with van der Waals surface area (Å²) in [7, 11) is 0. The van der Waals surface area contributed by atoms with Gasteiger partial charge in [0.2, 0.25) is 0 Å². The van der Waals surface area contributed by atoms with Crippen LogP contribution in [0.1, 0.15) is 48.9 Å². The van der Waals surface area contributed by atoms with Gasteiger partial charge in [0.1, 0.15) is 12.4 Å². The van der Waals surface area contributed by atoms with Crippen LogP contribution in [-0.2, 0) is 26.4 Å². The van der Waals surface area contributed by atoms with E-state index in [0.29, 0.717) is 6.61 Å². The van der Waals surface area contributed by atoms with Crippen molar-refractivity contribution < 1.29 is 20.1 Å². The molecule has 148 valence electrons. The summed E-state index contributed by atoms with van der Waals surface area (Å²) in [6.07, 6.45) is 1.70. The van der Waals surface area contributed by atoms with Gasteiger partial charge in [-0.15, -0.1) is 0 Å². The Hall–Kier alpha value is -1.92. The van der Waals surface area contributed by atoms with Crippen LogP contribution in [0.3, 0.4) is 0 Å². The number of rotatable bonds is 11. The predicted octanol–water partition coefficient (Wildman–Crippen LogP) is 2.89. The van der Waals surface area contributed by atoms with Gasteiger partial charge < -0.3 is 25.4 Å². The molecule has 0 aliphatic carbocycles. The molecule has 0 heterocycles. The van der Waals surface area contributed by atoms with Gasteiger partial charge in [-0.3, -0.25) is 0 Å². The van der Waals surface area contributed by atoms with Crippen molar-refractivity contribution in [2.24, 2.45) is 0 Å². The summed E-state index contributed by atoms with van der Waals surface area (Å²) in [5.41, 5.74) is 2.94. The molecule has 0 bridgehead atoms. The zero-order valence-electron chi connectivity index (χ0n) is 16.2. The maximum absolute atomic E-state index is 9.72. The van der Waals surface area contributed by atoms with Crippen molar-refractivity contribution in [3.05, 3.63) is 64.7 Å².